The first-order valence-electron chi connectivity index (χ1n) is 6.10. The molecule has 0 atom stereocenters. The van der Waals surface area contributed by atoms with E-state index in [9.17, 15) is 0 Å². The Balaban J connectivity index is 3.14. The van der Waals surface area contributed by atoms with Crippen LogP contribution in [0.25, 0.3) is 0 Å². The Bertz CT molecular complexity index is 388. The summed E-state index contributed by atoms with van der Waals surface area (Å²) in [5, 5.41) is 0.502. The lowest BCUT2D eigenvalue weighted by Gasteiger charge is -2.30. The van der Waals surface area contributed by atoms with E-state index >= 15 is 0 Å². The van der Waals surface area contributed by atoms with Crippen LogP contribution in [0.15, 0.2) is 0 Å². The number of hydrogen-bond acceptors (Lipinski definition) is 3. The third-order valence-electron chi connectivity index (χ3n) is 2.70. The maximum Gasteiger partial charge on any atom is 0.171 e. The van der Waals surface area contributed by atoms with Gasteiger partial charge in [-0.1, -0.05) is 25.4 Å². The number of anilines is 1. The normalized spacial score (nSPS) is 11.4. The third kappa shape index (κ3) is 3.56. The molecule has 0 radical (unpaired) electrons. The van der Waals surface area contributed by atoms with Crippen molar-refractivity contribution in [3.05, 3.63) is 16.5 Å². The van der Waals surface area contributed by atoms with Gasteiger partial charge < -0.3 is 4.90 Å². The summed E-state index contributed by atoms with van der Waals surface area (Å²) in [7, 11) is 0. The summed E-state index contributed by atoms with van der Waals surface area (Å²) in [6.45, 7) is 13.5. The number of halogens is 1. The molecule has 1 aromatic heterocycles. The van der Waals surface area contributed by atoms with Gasteiger partial charge >= 0.3 is 0 Å². The molecular weight excluding hydrogens is 234 g/mol. The van der Waals surface area contributed by atoms with Gasteiger partial charge in [0.1, 0.15) is 0 Å². The molecule has 0 bridgehead atoms. The fraction of sp³-hybridized carbons (Fsp3) is 0.692. The highest BCUT2D eigenvalue weighted by Gasteiger charge is 2.18. The quantitative estimate of drug-likeness (QED) is 0.823. The molecule has 0 aliphatic rings. The van der Waals surface area contributed by atoms with Gasteiger partial charge in [0.05, 0.1) is 11.4 Å². The third-order valence-corrected chi connectivity index (χ3v) is 2.96. The smallest absolute Gasteiger partial charge is 0.171 e. The van der Waals surface area contributed by atoms with Gasteiger partial charge in [0, 0.05) is 12.6 Å². The van der Waals surface area contributed by atoms with E-state index in [1.807, 2.05) is 13.8 Å². The zero-order valence-corrected chi connectivity index (χ0v) is 12.3. The van der Waals surface area contributed by atoms with Crippen LogP contribution in [0, 0.1) is 19.8 Å². The van der Waals surface area contributed by atoms with Gasteiger partial charge in [-0.15, -0.1) is 0 Å². The molecule has 0 aliphatic carbocycles. The molecule has 0 N–H and O–H groups in total. The van der Waals surface area contributed by atoms with E-state index in [1.54, 1.807) is 0 Å². The highest BCUT2D eigenvalue weighted by molar-refractivity contribution is 6.31. The van der Waals surface area contributed by atoms with Crippen LogP contribution in [-0.2, 0) is 0 Å². The average Bonchev–Trinajstić information content (AvgIpc) is 2.20. The van der Waals surface area contributed by atoms with E-state index in [0.29, 0.717) is 17.1 Å². The Kier molecular flexibility index (Phi) is 4.75. The van der Waals surface area contributed by atoms with Crippen molar-refractivity contribution in [3.8, 4) is 0 Å². The lowest BCUT2D eigenvalue weighted by Crippen LogP contribution is -2.35. The second-order valence-electron chi connectivity index (χ2n) is 5.15. The highest BCUT2D eigenvalue weighted by atomic mass is 35.5. The zero-order valence-electron chi connectivity index (χ0n) is 11.6. The molecule has 0 saturated heterocycles. The van der Waals surface area contributed by atoms with Gasteiger partial charge in [-0.2, -0.15) is 0 Å². The molecule has 96 valence electrons. The van der Waals surface area contributed by atoms with Gasteiger partial charge in [0.15, 0.2) is 11.0 Å². The minimum Gasteiger partial charge on any atom is -0.351 e. The van der Waals surface area contributed by atoms with Crippen LogP contribution in [-0.4, -0.2) is 22.6 Å². The van der Waals surface area contributed by atoms with Gasteiger partial charge in [-0.05, 0) is 33.6 Å². The summed E-state index contributed by atoms with van der Waals surface area (Å²) < 4.78 is 0. The van der Waals surface area contributed by atoms with Crippen LogP contribution in [0.4, 0.5) is 5.82 Å². The van der Waals surface area contributed by atoms with Crippen molar-refractivity contribution in [2.24, 2.45) is 5.92 Å². The SMILES string of the molecule is Cc1nc(Cl)c(N(CC(C)C)C(C)C)nc1C. The van der Waals surface area contributed by atoms with Crippen molar-refractivity contribution < 1.29 is 0 Å². The molecule has 1 aromatic rings. The van der Waals surface area contributed by atoms with Crippen LogP contribution >= 0.6 is 11.6 Å². The molecule has 0 fully saturated rings. The van der Waals surface area contributed by atoms with Gasteiger partial charge in [0.25, 0.3) is 0 Å². The molecular formula is C13H22ClN3. The fourth-order valence-electron chi connectivity index (χ4n) is 1.68. The molecule has 3 nitrogen and oxygen atoms in total. The van der Waals surface area contributed by atoms with Crippen molar-refractivity contribution >= 4 is 17.4 Å². The molecule has 0 spiro atoms. The number of hydrogen-bond donors (Lipinski definition) is 0. The summed E-state index contributed by atoms with van der Waals surface area (Å²) in [5.41, 5.74) is 1.84. The Hall–Kier alpha value is -0.830. The van der Waals surface area contributed by atoms with E-state index in [1.165, 1.54) is 0 Å². The molecule has 0 aliphatic heterocycles. The monoisotopic (exact) mass is 255 g/mol. The molecule has 4 heteroatoms. The van der Waals surface area contributed by atoms with E-state index in [0.717, 1.165) is 23.8 Å². The van der Waals surface area contributed by atoms with Crippen LogP contribution in [0.5, 0.6) is 0 Å². The Morgan fingerprint density at radius 2 is 1.59 bits per heavy atom. The molecule has 17 heavy (non-hydrogen) atoms. The molecule has 0 saturated carbocycles. The van der Waals surface area contributed by atoms with Gasteiger partial charge in [0.2, 0.25) is 0 Å². The molecule has 1 heterocycles. The highest BCUT2D eigenvalue weighted by Crippen LogP contribution is 2.25. The second kappa shape index (κ2) is 5.67. The number of rotatable bonds is 4. The van der Waals surface area contributed by atoms with E-state index in [-0.39, 0.29) is 0 Å². The van der Waals surface area contributed by atoms with Crippen LogP contribution in [0.2, 0.25) is 5.15 Å². The number of nitrogens with zero attached hydrogens (tertiary/aromatic N) is 3. The van der Waals surface area contributed by atoms with Gasteiger partial charge in [-0.3, -0.25) is 0 Å². The number of aryl methyl sites for hydroxylation is 2. The molecule has 0 aromatic carbocycles. The first-order valence-corrected chi connectivity index (χ1v) is 6.48. The van der Waals surface area contributed by atoms with Crippen molar-refractivity contribution in [1.82, 2.24) is 9.97 Å². The Labute approximate surface area is 109 Å². The minimum atomic E-state index is 0.367. The average molecular weight is 256 g/mol. The van der Waals surface area contributed by atoms with Crippen LogP contribution < -0.4 is 4.90 Å². The van der Waals surface area contributed by atoms with Crippen LogP contribution in [0.1, 0.15) is 39.1 Å². The largest absolute Gasteiger partial charge is 0.351 e. The maximum absolute atomic E-state index is 6.21. The predicted octanol–water partition coefficient (Wildman–Crippen LogP) is 3.62. The second-order valence-corrected chi connectivity index (χ2v) is 5.51. The zero-order chi connectivity index (χ0) is 13.2. The first-order chi connectivity index (χ1) is 7.82. The minimum absolute atomic E-state index is 0.367. The summed E-state index contributed by atoms with van der Waals surface area (Å²) in [5.74, 6) is 1.37. The van der Waals surface area contributed by atoms with E-state index in [4.69, 9.17) is 11.6 Å². The topological polar surface area (TPSA) is 29.0 Å². The van der Waals surface area contributed by atoms with Crippen molar-refractivity contribution in [3.63, 3.8) is 0 Å². The molecule has 1 rings (SSSR count). The van der Waals surface area contributed by atoms with Crippen molar-refractivity contribution in [1.29, 1.82) is 0 Å². The molecule has 0 amide bonds. The summed E-state index contributed by atoms with van der Waals surface area (Å²) >= 11 is 6.21. The van der Waals surface area contributed by atoms with Gasteiger partial charge in [-0.25, -0.2) is 9.97 Å². The predicted molar refractivity (Wildman–Crippen MR) is 73.8 cm³/mol. The lowest BCUT2D eigenvalue weighted by atomic mass is 10.2. The summed E-state index contributed by atoms with van der Waals surface area (Å²) in [4.78, 5) is 11.1. The fourth-order valence-corrected chi connectivity index (χ4v) is 1.96. The summed E-state index contributed by atoms with van der Waals surface area (Å²) in [6.07, 6.45) is 0. The van der Waals surface area contributed by atoms with Crippen molar-refractivity contribution in [2.75, 3.05) is 11.4 Å². The molecule has 0 unspecified atom stereocenters. The van der Waals surface area contributed by atoms with E-state index in [2.05, 4.69) is 42.6 Å². The Morgan fingerprint density at radius 1 is 1.06 bits per heavy atom. The Morgan fingerprint density at radius 3 is 2.06 bits per heavy atom. The first kappa shape index (κ1) is 14.2. The van der Waals surface area contributed by atoms with Crippen LogP contribution in [0.3, 0.4) is 0 Å². The lowest BCUT2D eigenvalue weighted by molar-refractivity contribution is 0.564. The maximum atomic E-state index is 6.21. The van der Waals surface area contributed by atoms with E-state index < -0.39 is 0 Å². The number of aromatic nitrogens is 2. The van der Waals surface area contributed by atoms with Crippen molar-refractivity contribution in [2.45, 2.75) is 47.6 Å². The standard InChI is InChI=1S/C13H22ClN3/c1-8(2)7-17(9(3)4)13-12(14)15-10(5)11(6)16-13/h8-9H,7H2,1-6H3. The summed E-state index contributed by atoms with van der Waals surface area (Å²) in [6, 6.07) is 0.367.